The quantitative estimate of drug-likeness (QED) is 0.754. The minimum absolute atomic E-state index is 0.0402. The molecule has 0 spiro atoms. The summed E-state index contributed by atoms with van der Waals surface area (Å²) in [6, 6.07) is 12.9. The standard InChI is InChI=1S/C17H15ClFNO/c1-20-15(9-11-5-4-7-14(18)17(11)19)13-10-21-16-8-3-2-6-12(13)16/h2-8,10,15,20H,9H2,1H3. The predicted octanol–water partition coefficient (Wildman–Crippen LogP) is 4.73. The second kappa shape index (κ2) is 5.88. The molecule has 1 aromatic heterocycles. The number of hydrogen-bond donors (Lipinski definition) is 1. The van der Waals surface area contributed by atoms with Crippen molar-refractivity contribution in [2.24, 2.45) is 0 Å². The highest BCUT2D eigenvalue weighted by molar-refractivity contribution is 6.30. The van der Waals surface area contributed by atoms with E-state index in [2.05, 4.69) is 5.32 Å². The highest BCUT2D eigenvalue weighted by atomic mass is 35.5. The van der Waals surface area contributed by atoms with Gasteiger partial charge >= 0.3 is 0 Å². The second-order valence-electron chi connectivity index (χ2n) is 4.95. The van der Waals surface area contributed by atoms with E-state index in [0.29, 0.717) is 12.0 Å². The van der Waals surface area contributed by atoms with Gasteiger partial charge in [0.2, 0.25) is 0 Å². The summed E-state index contributed by atoms with van der Waals surface area (Å²) in [7, 11) is 1.86. The predicted molar refractivity (Wildman–Crippen MR) is 83.1 cm³/mol. The lowest BCUT2D eigenvalue weighted by molar-refractivity contribution is 0.542. The lowest BCUT2D eigenvalue weighted by Gasteiger charge is -2.16. The van der Waals surface area contributed by atoms with E-state index >= 15 is 0 Å². The van der Waals surface area contributed by atoms with E-state index in [-0.39, 0.29) is 16.9 Å². The minimum Gasteiger partial charge on any atom is -0.464 e. The van der Waals surface area contributed by atoms with Gasteiger partial charge in [-0.3, -0.25) is 0 Å². The molecule has 3 aromatic rings. The lowest BCUT2D eigenvalue weighted by atomic mass is 9.98. The van der Waals surface area contributed by atoms with Gasteiger partial charge in [0.15, 0.2) is 0 Å². The van der Waals surface area contributed by atoms with Crippen molar-refractivity contribution in [3.8, 4) is 0 Å². The van der Waals surface area contributed by atoms with Crippen LogP contribution in [0.3, 0.4) is 0 Å². The Morgan fingerprint density at radius 1 is 1.19 bits per heavy atom. The van der Waals surface area contributed by atoms with Crippen LogP contribution in [-0.4, -0.2) is 7.05 Å². The number of hydrogen-bond acceptors (Lipinski definition) is 2. The van der Waals surface area contributed by atoms with Crippen molar-refractivity contribution in [1.29, 1.82) is 0 Å². The fourth-order valence-corrected chi connectivity index (χ4v) is 2.76. The molecule has 2 aromatic carbocycles. The van der Waals surface area contributed by atoms with Gasteiger partial charge in [-0.1, -0.05) is 41.9 Å². The maximum absolute atomic E-state index is 14.1. The fourth-order valence-electron chi connectivity index (χ4n) is 2.56. The molecule has 0 amide bonds. The SMILES string of the molecule is CNC(Cc1cccc(Cl)c1F)c1coc2ccccc12. The largest absolute Gasteiger partial charge is 0.464 e. The Kier molecular flexibility index (Phi) is 3.95. The number of fused-ring (bicyclic) bond motifs is 1. The zero-order chi connectivity index (χ0) is 14.8. The van der Waals surface area contributed by atoms with Crippen molar-refractivity contribution in [3.05, 3.63) is 70.7 Å². The van der Waals surface area contributed by atoms with E-state index in [9.17, 15) is 4.39 Å². The van der Waals surface area contributed by atoms with Crippen LogP contribution in [0.1, 0.15) is 17.2 Å². The molecule has 0 aliphatic carbocycles. The van der Waals surface area contributed by atoms with Gasteiger partial charge in [0.05, 0.1) is 11.3 Å². The number of para-hydroxylation sites is 1. The Morgan fingerprint density at radius 2 is 2.00 bits per heavy atom. The van der Waals surface area contributed by atoms with Crippen LogP contribution in [0, 0.1) is 5.82 Å². The Hall–Kier alpha value is -1.84. The molecule has 1 N–H and O–H groups in total. The van der Waals surface area contributed by atoms with Crippen LogP contribution < -0.4 is 5.32 Å². The Balaban J connectivity index is 1.97. The van der Waals surface area contributed by atoms with Crippen molar-refractivity contribution in [3.63, 3.8) is 0 Å². The van der Waals surface area contributed by atoms with Crippen LogP contribution in [0.4, 0.5) is 4.39 Å². The molecule has 1 atom stereocenters. The normalized spacial score (nSPS) is 12.7. The molecule has 0 aliphatic heterocycles. The molecule has 4 heteroatoms. The first-order chi connectivity index (χ1) is 10.2. The van der Waals surface area contributed by atoms with E-state index in [4.69, 9.17) is 16.0 Å². The summed E-state index contributed by atoms with van der Waals surface area (Å²) < 4.78 is 19.6. The lowest BCUT2D eigenvalue weighted by Crippen LogP contribution is -2.19. The van der Waals surface area contributed by atoms with Gasteiger partial charge < -0.3 is 9.73 Å². The van der Waals surface area contributed by atoms with Crippen LogP contribution in [0.15, 0.2) is 53.1 Å². The number of likely N-dealkylation sites (N-methyl/N-ethyl adjacent to an activating group) is 1. The zero-order valence-electron chi connectivity index (χ0n) is 11.6. The summed E-state index contributed by atoms with van der Waals surface area (Å²) in [6.45, 7) is 0. The summed E-state index contributed by atoms with van der Waals surface area (Å²) in [6.07, 6.45) is 2.24. The van der Waals surface area contributed by atoms with E-state index < -0.39 is 0 Å². The number of benzene rings is 2. The molecule has 108 valence electrons. The van der Waals surface area contributed by atoms with Gasteiger partial charge in [0.1, 0.15) is 11.4 Å². The smallest absolute Gasteiger partial charge is 0.145 e. The van der Waals surface area contributed by atoms with Crippen LogP contribution in [0.25, 0.3) is 11.0 Å². The maximum Gasteiger partial charge on any atom is 0.145 e. The fraction of sp³-hybridized carbons (Fsp3) is 0.176. The summed E-state index contributed by atoms with van der Waals surface area (Å²) >= 11 is 5.85. The minimum atomic E-state index is -0.354. The number of furan rings is 1. The summed E-state index contributed by atoms with van der Waals surface area (Å²) in [4.78, 5) is 0. The molecule has 0 saturated heterocycles. The van der Waals surface area contributed by atoms with Gasteiger partial charge in [-0.05, 0) is 31.2 Å². The van der Waals surface area contributed by atoms with Crippen molar-refractivity contribution in [2.45, 2.75) is 12.5 Å². The molecular weight excluding hydrogens is 289 g/mol. The summed E-state index contributed by atoms with van der Waals surface area (Å²) in [5, 5.41) is 4.42. The molecular formula is C17H15ClFNO. The van der Waals surface area contributed by atoms with E-state index in [1.807, 2.05) is 31.3 Å². The van der Waals surface area contributed by atoms with Crippen LogP contribution >= 0.6 is 11.6 Å². The molecule has 0 fully saturated rings. The number of halogens is 2. The molecule has 1 heterocycles. The number of nitrogens with one attached hydrogen (secondary N) is 1. The van der Waals surface area contributed by atoms with Crippen molar-refractivity contribution in [1.82, 2.24) is 5.32 Å². The molecule has 0 saturated carbocycles. The van der Waals surface area contributed by atoms with Gasteiger partial charge in [0, 0.05) is 17.0 Å². The third-order valence-corrected chi connectivity index (χ3v) is 3.98. The van der Waals surface area contributed by atoms with E-state index in [1.165, 1.54) is 0 Å². The molecule has 0 aliphatic rings. The molecule has 2 nitrogen and oxygen atoms in total. The van der Waals surface area contributed by atoms with E-state index in [0.717, 1.165) is 16.5 Å². The zero-order valence-corrected chi connectivity index (χ0v) is 12.3. The van der Waals surface area contributed by atoms with Gasteiger partial charge in [-0.25, -0.2) is 4.39 Å². The van der Waals surface area contributed by atoms with Crippen LogP contribution in [0.2, 0.25) is 5.02 Å². The van der Waals surface area contributed by atoms with Crippen molar-refractivity contribution < 1.29 is 8.81 Å². The maximum atomic E-state index is 14.1. The topological polar surface area (TPSA) is 25.2 Å². The Bertz CT molecular complexity index is 768. The van der Waals surface area contributed by atoms with E-state index in [1.54, 1.807) is 24.5 Å². The van der Waals surface area contributed by atoms with Crippen molar-refractivity contribution in [2.75, 3.05) is 7.05 Å². The monoisotopic (exact) mass is 303 g/mol. The van der Waals surface area contributed by atoms with Gasteiger partial charge in [0.25, 0.3) is 0 Å². The third kappa shape index (κ3) is 2.67. The van der Waals surface area contributed by atoms with Crippen molar-refractivity contribution >= 4 is 22.6 Å². The highest BCUT2D eigenvalue weighted by Gasteiger charge is 2.18. The summed E-state index contributed by atoms with van der Waals surface area (Å²) in [5.41, 5.74) is 2.44. The summed E-state index contributed by atoms with van der Waals surface area (Å²) in [5.74, 6) is -0.354. The first-order valence-corrected chi connectivity index (χ1v) is 7.14. The van der Waals surface area contributed by atoms with Gasteiger partial charge in [-0.2, -0.15) is 0 Å². The average molecular weight is 304 g/mol. The van der Waals surface area contributed by atoms with Crippen LogP contribution in [-0.2, 0) is 6.42 Å². The first kappa shape index (κ1) is 14.1. The molecule has 0 bridgehead atoms. The molecule has 3 rings (SSSR count). The first-order valence-electron chi connectivity index (χ1n) is 6.77. The number of rotatable bonds is 4. The molecule has 21 heavy (non-hydrogen) atoms. The molecule has 1 unspecified atom stereocenters. The molecule has 0 radical (unpaired) electrons. The van der Waals surface area contributed by atoms with Crippen LogP contribution in [0.5, 0.6) is 0 Å². The Labute approximate surface area is 127 Å². The Morgan fingerprint density at radius 3 is 2.81 bits per heavy atom. The highest BCUT2D eigenvalue weighted by Crippen LogP contribution is 2.29. The van der Waals surface area contributed by atoms with Gasteiger partial charge in [-0.15, -0.1) is 0 Å². The average Bonchev–Trinajstić information content (AvgIpc) is 2.93. The second-order valence-corrected chi connectivity index (χ2v) is 5.35. The third-order valence-electron chi connectivity index (χ3n) is 3.69.